The third-order valence-corrected chi connectivity index (χ3v) is 4.09. The number of amides is 1. The molecule has 1 aromatic carbocycles. The number of carbonyl (C=O) groups excluding carboxylic acids is 1. The maximum Gasteiger partial charge on any atom is 0.416 e. The number of nitrogens with zero attached hydrogens (tertiary/aromatic N) is 1. The van der Waals surface area contributed by atoms with Crippen molar-refractivity contribution in [3.63, 3.8) is 0 Å². The summed E-state index contributed by atoms with van der Waals surface area (Å²) in [5.74, 6) is -0.240. The molecule has 0 aromatic heterocycles. The van der Waals surface area contributed by atoms with E-state index >= 15 is 0 Å². The number of hydrogen-bond donors (Lipinski definition) is 1. The average Bonchev–Trinajstić information content (AvgIpc) is 2.46. The van der Waals surface area contributed by atoms with E-state index in [1.165, 1.54) is 6.07 Å². The van der Waals surface area contributed by atoms with Crippen LogP contribution in [0.1, 0.15) is 37.3 Å². The smallest absolute Gasteiger partial charge is 0.337 e. The zero-order chi connectivity index (χ0) is 16.3. The lowest BCUT2D eigenvalue weighted by Crippen LogP contribution is -2.52. The lowest BCUT2D eigenvalue weighted by atomic mass is 9.95. The van der Waals surface area contributed by atoms with Crippen molar-refractivity contribution < 1.29 is 18.0 Å². The summed E-state index contributed by atoms with van der Waals surface area (Å²) in [4.78, 5) is 14.2. The first-order valence-corrected chi connectivity index (χ1v) is 7.46. The molecule has 130 valence electrons. The molecule has 23 heavy (non-hydrogen) atoms. The molecule has 1 aliphatic rings. The summed E-state index contributed by atoms with van der Waals surface area (Å²) in [6, 6.07) is 5.35. The number of hydrogen-bond acceptors (Lipinski definition) is 2. The van der Waals surface area contributed by atoms with Crippen molar-refractivity contribution in [2.45, 2.75) is 38.4 Å². The van der Waals surface area contributed by atoms with Gasteiger partial charge in [0.2, 0.25) is 5.91 Å². The van der Waals surface area contributed by atoms with Crippen LogP contribution in [0, 0.1) is 0 Å². The molecule has 2 rings (SSSR count). The van der Waals surface area contributed by atoms with Crippen LogP contribution >= 0.6 is 12.4 Å². The maximum absolute atomic E-state index is 12.8. The van der Waals surface area contributed by atoms with Crippen molar-refractivity contribution in [3.05, 3.63) is 35.4 Å². The van der Waals surface area contributed by atoms with E-state index in [1.54, 1.807) is 17.9 Å². The van der Waals surface area contributed by atoms with Crippen LogP contribution in [0.3, 0.4) is 0 Å². The van der Waals surface area contributed by atoms with Gasteiger partial charge in [-0.25, -0.2) is 0 Å². The topological polar surface area (TPSA) is 32.3 Å². The maximum atomic E-state index is 12.8. The Morgan fingerprint density at radius 2 is 2.13 bits per heavy atom. The third kappa shape index (κ3) is 5.11. The molecule has 2 atom stereocenters. The molecule has 1 aromatic rings. The lowest BCUT2D eigenvalue weighted by molar-refractivity contribution is -0.137. The van der Waals surface area contributed by atoms with E-state index in [9.17, 15) is 18.0 Å². The summed E-state index contributed by atoms with van der Waals surface area (Å²) >= 11 is 0. The zero-order valence-electron chi connectivity index (χ0n) is 13.2. The number of nitrogens with one attached hydrogen (secondary N) is 1. The lowest BCUT2D eigenvalue weighted by Gasteiger charge is -2.34. The Bertz CT molecular complexity index is 536. The van der Waals surface area contributed by atoms with Crippen LogP contribution in [0.25, 0.3) is 0 Å². The molecule has 1 saturated heterocycles. The Kier molecular flexibility index (Phi) is 6.89. The second kappa shape index (κ2) is 8.02. The number of carbonyl (C=O) groups is 1. The molecule has 1 heterocycles. The minimum absolute atomic E-state index is 0. The monoisotopic (exact) mass is 350 g/mol. The molecule has 2 unspecified atom stereocenters. The predicted molar refractivity (Wildman–Crippen MR) is 85.8 cm³/mol. The van der Waals surface area contributed by atoms with Crippen LogP contribution in [0.15, 0.2) is 24.3 Å². The number of piperazine rings is 1. The van der Waals surface area contributed by atoms with Gasteiger partial charge in [0.25, 0.3) is 0 Å². The highest BCUT2D eigenvalue weighted by Crippen LogP contribution is 2.31. The van der Waals surface area contributed by atoms with E-state index in [0.717, 1.165) is 25.2 Å². The van der Waals surface area contributed by atoms with Gasteiger partial charge >= 0.3 is 6.18 Å². The molecule has 0 spiro atoms. The molecular formula is C16H22ClF3N2O. The van der Waals surface area contributed by atoms with Crippen LogP contribution in [0.2, 0.25) is 0 Å². The van der Waals surface area contributed by atoms with Gasteiger partial charge in [0, 0.05) is 32.1 Å². The van der Waals surface area contributed by atoms with Crippen LogP contribution in [0.5, 0.6) is 0 Å². The third-order valence-electron chi connectivity index (χ3n) is 4.09. The van der Waals surface area contributed by atoms with E-state index in [4.69, 9.17) is 0 Å². The standard InChI is InChI=1S/C16H21F3N2O.ClH/c1-11(8-15(22)21-7-6-20-10-12(21)2)13-4-3-5-14(9-13)16(17,18)19;/h3-5,9,11-12,20H,6-8,10H2,1-2H3;1H. The van der Waals surface area contributed by atoms with Crippen molar-refractivity contribution in [2.75, 3.05) is 19.6 Å². The zero-order valence-corrected chi connectivity index (χ0v) is 14.0. The number of rotatable bonds is 3. The molecule has 7 heteroatoms. The SMILES string of the molecule is CC(CC(=O)N1CCNCC1C)c1cccc(C(F)(F)F)c1.Cl. The number of alkyl halides is 3. The van der Waals surface area contributed by atoms with Crippen molar-refractivity contribution >= 4 is 18.3 Å². The van der Waals surface area contributed by atoms with Crippen LogP contribution in [-0.2, 0) is 11.0 Å². The Morgan fingerprint density at radius 1 is 1.43 bits per heavy atom. The highest BCUT2D eigenvalue weighted by molar-refractivity contribution is 5.85. The number of halogens is 4. The molecule has 1 fully saturated rings. The van der Waals surface area contributed by atoms with Gasteiger partial charge in [-0.2, -0.15) is 13.2 Å². The van der Waals surface area contributed by atoms with E-state index in [-0.39, 0.29) is 36.7 Å². The van der Waals surface area contributed by atoms with E-state index in [0.29, 0.717) is 12.1 Å². The van der Waals surface area contributed by atoms with Crippen LogP contribution < -0.4 is 5.32 Å². The van der Waals surface area contributed by atoms with Gasteiger partial charge in [0.1, 0.15) is 0 Å². The molecule has 1 amide bonds. The Balaban J connectivity index is 0.00000264. The molecule has 0 aliphatic carbocycles. The fourth-order valence-electron chi connectivity index (χ4n) is 2.73. The van der Waals surface area contributed by atoms with E-state index in [1.807, 2.05) is 6.92 Å². The van der Waals surface area contributed by atoms with Crippen LogP contribution in [0.4, 0.5) is 13.2 Å². The van der Waals surface area contributed by atoms with Gasteiger partial charge in [0.15, 0.2) is 0 Å². The summed E-state index contributed by atoms with van der Waals surface area (Å²) in [7, 11) is 0. The summed E-state index contributed by atoms with van der Waals surface area (Å²) in [6.45, 7) is 5.92. The average molecular weight is 351 g/mol. The summed E-state index contributed by atoms with van der Waals surface area (Å²) in [6.07, 6.45) is -4.13. The fourth-order valence-corrected chi connectivity index (χ4v) is 2.73. The van der Waals surface area contributed by atoms with Crippen molar-refractivity contribution in [1.29, 1.82) is 0 Å². The second-order valence-corrected chi connectivity index (χ2v) is 5.87. The number of benzene rings is 1. The quantitative estimate of drug-likeness (QED) is 0.905. The molecule has 0 bridgehead atoms. The minimum atomic E-state index is -4.35. The molecule has 0 radical (unpaired) electrons. The molecule has 0 saturated carbocycles. The van der Waals surface area contributed by atoms with Gasteiger partial charge < -0.3 is 10.2 Å². The minimum Gasteiger partial charge on any atom is -0.337 e. The van der Waals surface area contributed by atoms with Crippen molar-refractivity contribution in [2.24, 2.45) is 0 Å². The first-order chi connectivity index (χ1) is 10.3. The Morgan fingerprint density at radius 3 is 2.74 bits per heavy atom. The van der Waals surface area contributed by atoms with Gasteiger partial charge in [-0.3, -0.25) is 4.79 Å². The van der Waals surface area contributed by atoms with Gasteiger partial charge in [-0.15, -0.1) is 12.4 Å². The summed E-state index contributed by atoms with van der Waals surface area (Å²) in [5.41, 5.74) is -0.120. The predicted octanol–water partition coefficient (Wildman–Crippen LogP) is 3.44. The first kappa shape index (κ1) is 19.8. The summed E-state index contributed by atoms with van der Waals surface area (Å²) < 4.78 is 38.3. The molecular weight excluding hydrogens is 329 g/mol. The highest BCUT2D eigenvalue weighted by Gasteiger charge is 2.31. The molecule has 3 nitrogen and oxygen atoms in total. The first-order valence-electron chi connectivity index (χ1n) is 7.46. The Labute approximate surface area is 140 Å². The van der Waals surface area contributed by atoms with E-state index in [2.05, 4.69) is 5.32 Å². The van der Waals surface area contributed by atoms with E-state index < -0.39 is 11.7 Å². The molecule has 1 aliphatic heterocycles. The van der Waals surface area contributed by atoms with Gasteiger partial charge in [-0.05, 0) is 24.5 Å². The summed E-state index contributed by atoms with van der Waals surface area (Å²) in [5, 5.41) is 3.21. The normalized spacial score (nSPS) is 19.9. The van der Waals surface area contributed by atoms with Gasteiger partial charge in [0.05, 0.1) is 5.56 Å². The Hall–Kier alpha value is -1.27. The van der Waals surface area contributed by atoms with Crippen LogP contribution in [-0.4, -0.2) is 36.5 Å². The highest BCUT2D eigenvalue weighted by atomic mass is 35.5. The van der Waals surface area contributed by atoms with Crippen molar-refractivity contribution in [3.8, 4) is 0 Å². The fraction of sp³-hybridized carbons (Fsp3) is 0.562. The largest absolute Gasteiger partial charge is 0.416 e. The van der Waals surface area contributed by atoms with Gasteiger partial charge in [-0.1, -0.05) is 25.1 Å². The second-order valence-electron chi connectivity index (χ2n) is 5.87. The molecule has 1 N–H and O–H groups in total. The van der Waals surface area contributed by atoms with Crippen molar-refractivity contribution in [1.82, 2.24) is 10.2 Å².